The van der Waals surface area contributed by atoms with Crippen molar-refractivity contribution in [3.8, 4) is 0 Å². The summed E-state index contributed by atoms with van der Waals surface area (Å²) in [5.74, 6) is 0.0246. The van der Waals surface area contributed by atoms with Gasteiger partial charge >= 0.3 is 0 Å². The molecule has 1 heterocycles. The topological polar surface area (TPSA) is 68.1 Å². The molecule has 5 heteroatoms. The highest BCUT2D eigenvalue weighted by molar-refractivity contribution is 5.37. The van der Waals surface area contributed by atoms with E-state index < -0.39 is 0 Å². The van der Waals surface area contributed by atoms with E-state index in [9.17, 15) is 10.1 Å². The Balaban J connectivity index is 3.07. The molecule has 0 bridgehead atoms. The van der Waals surface area contributed by atoms with Crippen LogP contribution >= 0.6 is 0 Å². The predicted molar refractivity (Wildman–Crippen MR) is 62.4 cm³/mol. The van der Waals surface area contributed by atoms with Crippen molar-refractivity contribution in [1.29, 1.82) is 0 Å². The molecule has 5 nitrogen and oxygen atoms in total. The van der Waals surface area contributed by atoms with Gasteiger partial charge in [-0.1, -0.05) is 13.8 Å². The average Bonchev–Trinajstić information content (AvgIpc) is 2.30. The first-order valence-electron chi connectivity index (χ1n) is 5.38. The minimum absolute atomic E-state index is 0.0246. The SMILES string of the molecule is CCC(NC)C(C)c1ncccc1[N+](=O)[O-]. The number of hydrogen-bond acceptors (Lipinski definition) is 4. The zero-order valence-corrected chi connectivity index (χ0v) is 9.80. The van der Waals surface area contributed by atoms with Gasteiger partial charge in [0.05, 0.1) is 4.92 Å². The molecule has 88 valence electrons. The van der Waals surface area contributed by atoms with Gasteiger partial charge < -0.3 is 5.32 Å². The molecule has 2 atom stereocenters. The fourth-order valence-electron chi connectivity index (χ4n) is 1.91. The summed E-state index contributed by atoms with van der Waals surface area (Å²) < 4.78 is 0. The molecule has 2 unspecified atom stereocenters. The fraction of sp³-hybridized carbons (Fsp3) is 0.545. The van der Waals surface area contributed by atoms with Crippen molar-refractivity contribution >= 4 is 5.69 Å². The number of hydrogen-bond donors (Lipinski definition) is 1. The lowest BCUT2D eigenvalue weighted by molar-refractivity contribution is -0.386. The van der Waals surface area contributed by atoms with Gasteiger partial charge in [0, 0.05) is 24.2 Å². The van der Waals surface area contributed by atoms with Crippen LogP contribution in [0.15, 0.2) is 18.3 Å². The zero-order valence-electron chi connectivity index (χ0n) is 9.80. The third kappa shape index (κ3) is 2.55. The van der Waals surface area contributed by atoms with Crippen LogP contribution in [0.25, 0.3) is 0 Å². The molecule has 0 radical (unpaired) electrons. The summed E-state index contributed by atoms with van der Waals surface area (Å²) in [6.45, 7) is 4.01. The first-order chi connectivity index (χ1) is 7.61. The number of likely N-dealkylation sites (N-methyl/N-ethyl adjacent to an activating group) is 1. The van der Waals surface area contributed by atoms with Crippen LogP contribution in [0.4, 0.5) is 5.69 Å². The van der Waals surface area contributed by atoms with Gasteiger partial charge in [-0.2, -0.15) is 0 Å². The van der Waals surface area contributed by atoms with Gasteiger partial charge in [-0.15, -0.1) is 0 Å². The minimum Gasteiger partial charge on any atom is -0.316 e. The van der Waals surface area contributed by atoms with Gasteiger partial charge in [0.2, 0.25) is 0 Å². The third-order valence-corrected chi connectivity index (χ3v) is 2.86. The number of rotatable bonds is 5. The summed E-state index contributed by atoms with van der Waals surface area (Å²) in [7, 11) is 1.86. The Labute approximate surface area is 95.0 Å². The summed E-state index contributed by atoms with van der Waals surface area (Å²) in [5, 5.41) is 14.0. The molecule has 0 saturated heterocycles. The summed E-state index contributed by atoms with van der Waals surface area (Å²) >= 11 is 0. The molecule has 0 aromatic carbocycles. The monoisotopic (exact) mass is 223 g/mol. The van der Waals surface area contributed by atoms with Crippen molar-refractivity contribution < 1.29 is 4.92 Å². The van der Waals surface area contributed by atoms with E-state index in [2.05, 4.69) is 10.3 Å². The number of pyridine rings is 1. The van der Waals surface area contributed by atoms with E-state index in [0.717, 1.165) is 6.42 Å². The van der Waals surface area contributed by atoms with Gasteiger partial charge in [-0.25, -0.2) is 0 Å². The van der Waals surface area contributed by atoms with E-state index in [-0.39, 0.29) is 22.6 Å². The van der Waals surface area contributed by atoms with Crippen molar-refractivity contribution in [1.82, 2.24) is 10.3 Å². The maximum absolute atomic E-state index is 10.9. The Hall–Kier alpha value is -1.49. The smallest absolute Gasteiger partial charge is 0.291 e. The van der Waals surface area contributed by atoms with Crippen molar-refractivity contribution in [3.63, 3.8) is 0 Å². The highest BCUT2D eigenvalue weighted by Gasteiger charge is 2.24. The summed E-state index contributed by atoms with van der Waals surface area (Å²) in [6.07, 6.45) is 2.51. The molecule has 0 fully saturated rings. The Morgan fingerprint density at radius 1 is 1.62 bits per heavy atom. The lowest BCUT2D eigenvalue weighted by Gasteiger charge is -2.21. The Bertz CT molecular complexity index is 364. The van der Waals surface area contributed by atoms with Crippen LogP contribution in [0.5, 0.6) is 0 Å². The van der Waals surface area contributed by atoms with Gasteiger partial charge in [-0.3, -0.25) is 15.1 Å². The van der Waals surface area contributed by atoms with Gasteiger partial charge in [0.1, 0.15) is 5.69 Å². The summed E-state index contributed by atoms with van der Waals surface area (Å²) in [4.78, 5) is 14.6. The van der Waals surface area contributed by atoms with Crippen molar-refractivity contribution in [2.24, 2.45) is 0 Å². The zero-order chi connectivity index (χ0) is 12.1. The first kappa shape index (κ1) is 12.6. The molecule has 0 saturated carbocycles. The Morgan fingerprint density at radius 3 is 2.81 bits per heavy atom. The molecule has 16 heavy (non-hydrogen) atoms. The van der Waals surface area contributed by atoms with Crippen LogP contribution in [0.2, 0.25) is 0 Å². The van der Waals surface area contributed by atoms with Crippen LogP contribution < -0.4 is 5.32 Å². The fourth-order valence-corrected chi connectivity index (χ4v) is 1.91. The first-order valence-corrected chi connectivity index (χ1v) is 5.38. The number of nitrogens with one attached hydrogen (secondary N) is 1. The number of nitro groups is 1. The maximum atomic E-state index is 10.9. The molecule has 0 aliphatic rings. The van der Waals surface area contributed by atoms with Crippen LogP contribution in [-0.2, 0) is 0 Å². The average molecular weight is 223 g/mol. The van der Waals surface area contributed by atoms with E-state index in [0.29, 0.717) is 5.69 Å². The molecular formula is C11H17N3O2. The Morgan fingerprint density at radius 2 is 2.31 bits per heavy atom. The van der Waals surface area contributed by atoms with Gasteiger partial charge in [0.25, 0.3) is 5.69 Å². The minimum atomic E-state index is -0.374. The normalized spacial score (nSPS) is 14.4. The molecule has 1 aromatic heterocycles. The molecule has 1 aromatic rings. The van der Waals surface area contributed by atoms with Crippen LogP contribution in [0.1, 0.15) is 31.9 Å². The highest BCUT2D eigenvalue weighted by atomic mass is 16.6. The third-order valence-electron chi connectivity index (χ3n) is 2.86. The molecule has 1 rings (SSSR count). The quantitative estimate of drug-likeness (QED) is 0.613. The van der Waals surface area contributed by atoms with E-state index in [1.165, 1.54) is 6.07 Å². The van der Waals surface area contributed by atoms with Crippen LogP contribution in [0, 0.1) is 10.1 Å². The summed E-state index contributed by atoms with van der Waals surface area (Å²) in [5.41, 5.74) is 0.650. The second-order valence-electron chi connectivity index (χ2n) is 3.76. The largest absolute Gasteiger partial charge is 0.316 e. The van der Waals surface area contributed by atoms with Crippen LogP contribution in [-0.4, -0.2) is 23.0 Å². The second kappa shape index (κ2) is 5.55. The Kier molecular flexibility index (Phi) is 4.37. The molecule has 0 aliphatic carbocycles. The molecular weight excluding hydrogens is 206 g/mol. The van der Waals surface area contributed by atoms with E-state index >= 15 is 0 Å². The van der Waals surface area contributed by atoms with E-state index in [1.807, 2.05) is 20.9 Å². The lowest BCUT2D eigenvalue weighted by Crippen LogP contribution is -2.30. The highest BCUT2D eigenvalue weighted by Crippen LogP contribution is 2.27. The predicted octanol–water partition coefficient (Wildman–Crippen LogP) is 2.09. The molecule has 1 N–H and O–H groups in total. The van der Waals surface area contributed by atoms with Gasteiger partial charge in [-0.05, 0) is 19.5 Å². The van der Waals surface area contributed by atoms with Crippen molar-refractivity contribution in [2.75, 3.05) is 7.05 Å². The van der Waals surface area contributed by atoms with Crippen molar-refractivity contribution in [3.05, 3.63) is 34.1 Å². The summed E-state index contributed by atoms with van der Waals surface area (Å²) in [6, 6.07) is 3.30. The van der Waals surface area contributed by atoms with Crippen LogP contribution in [0.3, 0.4) is 0 Å². The van der Waals surface area contributed by atoms with Crippen molar-refractivity contribution in [2.45, 2.75) is 32.2 Å². The molecule has 0 amide bonds. The van der Waals surface area contributed by atoms with Gasteiger partial charge in [0.15, 0.2) is 0 Å². The lowest BCUT2D eigenvalue weighted by atomic mass is 9.95. The number of aromatic nitrogens is 1. The second-order valence-corrected chi connectivity index (χ2v) is 3.76. The maximum Gasteiger partial charge on any atom is 0.291 e. The number of nitrogens with zero attached hydrogens (tertiary/aromatic N) is 2. The molecule has 0 aliphatic heterocycles. The van der Waals surface area contributed by atoms with E-state index in [1.54, 1.807) is 12.3 Å². The van der Waals surface area contributed by atoms with E-state index in [4.69, 9.17) is 0 Å². The molecule has 0 spiro atoms. The standard InChI is InChI=1S/C11H17N3O2/c1-4-9(12-3)8(2)11-10(14(15)16)6-5-7-13-11/h5-9,12H,4H2,1-3H3.